The zero-order valence-electron chi connectivity index (χ0n) is 16.0. The van der Waals surface area contributed by atoms with E-state index in [0.717, 1.165) is 40.4 Å². The maximum atomic E-state index is 12.8. The summed E-state index contributed by atoms with van der Waals surface area (Å²) in [5, 5.41) is 0.953. The van der Waals surface area contributed by atoms with Crippen LogP contribution in [0.2, 0.25) is 0 Å². The second kappa shape index (κ2) is 9.66. The molecule has 0 aliphatic rings. The molecule has 0 saturated heterocycles. The predicted molar refractivity (Wildman–Crippen MR) is 112 cm³/mol. The molecule has 0 N–H and O–H groups in total. The van der Waals surface area contributed by atoms with Gasteiger partial charge in [0.25, 0.3) is 0 Å². The number of ether oxygens (including phenoxy) is 1. The van der Waals surface area contributed by atoms with Crippen molar-refractivity contribution in [3.63, 3.8) is 0 Å². The second-order valence-corrected chi connectivity index (χ2v) is 6.58. The number of halogens is 1. The molecule has 2 aromatic carbocycles. The van der Waals surface area contributed by atoms with Crippen LogP contribution in [0.5, 0.6) is 6.01 Å². The summed E-state index contributed by atoms with van der Waals surface area (Å²) < 4.78 is 18.1. The van der Waals surface area contributed by atoms with Gasteiger partial charge in [0.1, 0.15) is 6.61 Å². The Morgan fingerprint density at radius 2 is 1.96 bits per heavy atom. The molecule has 0 amide bonds. The predicted octanol–water partition coefficient (Wildman–Crippen LogP) is 5.74. The van der Waals surface area contributed by atoms with Crippen LogP contribution < -0.4 is 4.74 Å². The van der Waals surface area contributed by atoms with E-state index >= 15 is 0 Å². The summed E-state index contributed by atoms with van der Waals surface area (Å²) in [5.74, 6) is 6.25. The molecule has 0 aliphatic carbocycles. The molecule has 1 aromatic heterocycles. The number of alkyl halides is 1. The summed E-state index contributed by atoms with van der Waals surface area (Å²) >= 11 is 0. The summed E-state index contributed by atoms with van der Waals surface area (Å²) in [6.07, 6.45) is 4.76. The van der Waals surface area contributed by atoms with E-state index in [9.17, 15) is 4.39 Å². The van der Waals surface area contributed by atoms with Crippen molar-refractivity contribution in [1.29, 1.82) is 0 Å². The minimum Gasteiger partial charge on any atom is -0.459 e. The Labute approximate surface area is 165 Å². The highest BCUT2D eigenvalue weighted by molar-refractivity contribution is 5.84. The quantitative estimate of drug-likeness (QED) is 0.300. The first kappa shape index (κ1) is 19.6. The molecule has 1 unspecified atom stereocenters. The molecular formula is C24H23FN2O. The number of fused-ring (bicyclic) bond motifs is 1. The van der Waals surface area contributed by atoms with Crippen molar-refractivity contribution in [2.45, 2.75) is 32.4 Å². The van der Waals surface area contributed by atoms with E-state index < -0.39 is 6.17 Å². The summed E-state index contributed by atoms with van der Waals surface area (Å²) in [7, 11) is 0. The third-order valence-corrected chi connectivity index (χ3v) is 4.24. The summed E-state index contributed by atoms with van der Waals surface area (Å²) in [6.45, 7) is 5.58. The van der Waals surface area contributed by atoms with Gasteiger partial charge in [0.15, 0.2) is 0 Å². The molecule has 4 heteroatoms. The van der Waals surface area contributed by atoms with Gasteiger partial charge in [0.05, 0.1) is 11.7 Å². The molecule has 0 fully saturated rings. The molecule has 0 aliphatic heterocycles. The van der Waals surface area contributed by atoms with Crippen LogP contribution in [0.4, 0.5) is 4.39 Å². The molecule has 0 radical (unpaired) electrons. The van der Waals surface area contributed by atoms with Crippen LogP contribution in [0.15, 0.2) is 61.3 Å². The maximum Gasteiger partial charge on any atom is 0.317 e. The third kappa shape index (κ3) is 5.40. The van der Waals surface area contributed by atoms with E-state index in [1.165, 1.54) is 0 Å². The van der Waals surface area contributed by atoms with Crippen molar-refractivity contribution in [2.24, 2.45) is 0 Å². The van der Waals surface area contributed by atoms with Gasteiger partial charge in [-0.25, -0.2) is 9.37 Å². The molecule has 0 saturated carbocycles. The average molecular weight is 374 g/mol. The molecule has 3 rings (SSSR count). The Bertz CT molecular complexity index is 1000. The van der Waals surface area contributed by atoms with E-state index in [2.05, 4.69) is 46.6 Å². The van der Waals surface area contributed by atoms with Crippen molar-refractivity contribution in [3.05, 3.63) is 66.9 Å². The number of aromatic nitrogens is 2. The first-order valence-corrected chi connectivity index (χ1v) is 9.39. The fraction of sp³-hybridized carbons (Fsp3) is 0.250. The minimum atomic E-state index is -0.750. The number of nitrogens with zero attached hydrogens (tertiary/aromatic N) is 2. The topological polar surface area (TPSA) is 35.0 Å². The summed E-state index contributed by atoms with van der Waals surface area (Å²) in [5.41, 5.74) is 3.99. The van der Waals surface area contributed by atoms with Crippen LogP contribution in [-0.4, -0.2) is 22.7 Å². The van der Waals surface area contributed by atoms with E-state index in [4.69, 9.17) is 4.74 Å². The Kier molecular flexibility index (Phi) is 6.75. The third-order valence-electron chi connectivity index (χ3n) is 4.24. The number of benzene rings is 2. The van der Waals surface area contributed by atoms with E-state index in [1.54, 1.807) is 19.2 Å². The average Bonchev–Trinajstić information content (AvgIpc) is 2.71. The highest BCUT2D eigenvalue weighted by atomic mass is 19.1. The number of rotatable bonds is 7. The van der Waals surface area contributed by atoms with Crippen molar-refractivity contribution >= 4 is 10.9 Å². The zero-order valence-corrected chi connectivity index (χ0v) is 16.0. The molecular weight excluding hydrogens is 351 g/mol. The van der Waals surface area contributed by atoms with Gasteiger partial charge in [-0.1, -0.05) is 42.7 Å². The fourth-order valence-corrected chi connectivity index (χ4v) is 2.78. The normalized spacial score (nSPS) is 11.5. The van der Waals surface area contributed by atoms with Gasteiger partial charge in [-0.05, 0) is 55.2 Å². The molecule has 0 spiro atoms. The monoisotopic (exact) mass is 374 g/mol. The van der Waals surface area contributed by atoms with Crippen molar-refractivity contribution in [1.82, 2.24) is 9.97 Å². The zero-order chi connectivity index (χ0) is 19.8. The molecule has 28 heavy (non-hydrogen) atoms. The first-order valence-electron chi connectivity index (χ1n) is 9.39. The van der Waals surface area contributed by atoms with E-state index in [-0.39, 0.29) is 0 Å². The van der Waals surface area contributed by atoms with E-state index in [0.29, 0.717) is 19.0 Å². The Morgan fingerprint density at radius 1 is 1.18 bits per heavy atom. The number of hydrogen-bond acceptors (Lipinski definition) is 3. The SMILES string of the molecule is C=CCOc1ncc2cc(-c3ccc(C#CCCCC(C)F)cc3)ccc2n1. The molecule has 3 aromatic rings. The Hall–Kier alpha value is -3.19. The smallest absolute Gasteiger partial charge is 0.317 e. The van der Waals surface area contributed by atoms with Crippen LogP contribution in [0.3, 0.4) is 0 Å². The van der Waals surface area contributed by atoms with Crippen LogP contribution in [0.25, 0.3) is 22.0 Å². The number of hydrogen-bond donors (Lipinski definition) is 0. The standard InChI is InChI=1S/C24H23FN2O/c1-3-15-28-24-26-17-22-16-21(13-14-23(22)27-24)20-11-9-19(10-12-20)8-6-4-5-7-18(2)25/h3,9-14,16-18H,1,4-5,7,15H2,2H3. The fourth-order valence-electron chi connectivity index (χ4n) is 2.78. The lowest BCUT2D eigenvalue weighted by atomic mass is 10.0. The van der Waals surface area contributed by atoms with Gasteiger partial charge in [0.2, 0.25) is 0 Å². The molecule has 142 valence electrons. The molecule has 3 nitrogen and oxygen atoms in total. The highest BCUT2D eigenvalue weighted by Crippen LogP contribution is 2.24. The minimum absolute atomic E-state index is 0.351. The lowest BCUT2D eigenvalue weighted by molar-refractivity contribution is 0.335. The first-order chi connectivity index (χ1) is 13.7. The number of unbranched alkanes of at least 4 members (excludes halogenated alkanes) is 1. The molecule has 1 atom stereocenters. The Balaban J connectivity index is 1.70. The van der Waals surface area contributed by atoms with Crippen molar-refractivity contribution in [3.8, 4) is 29.0 Å². The molecule has 0 bridgehead atoms. The van der Waals surface area contributed by atoms with Gasteiger partial charge in [-0.3, -0.25) is 0 Å². The van der Waals surface area contributed by atoms with Gasteiger partial charge >= 0.3 is 6.01 Å². The van der Waals surface area contributed by atoms with Crippen molar-refractivity contribution < 1.29 is 9.13 Å². The molecule has 1 heterocycles. The van der Waals surface area contributed by atoms with Crippen molar-refractivity contribution in [2.75, 3.05) is 6.61 Å². The van der Waals surface area contributed by atoms with Gasteiger partial charge in [-0.2, -0.15) is 4.98 Å². The maximum absolute atomic E-state index is 12.8. The summed E-state index contributed by atoms with van der Waals surface area (Å²) in [4.78, 5) is 8.63. The lowest BCUT2D eigenvalue weighted by Gasteiger charge is -2.06. The summed E-state index contributed by atoms with van der Waals surface area (Å²) in [6, 6.07) is 14.5. The lowest BCUT2D eigenvalue weighted by Crippen LogP contribution is -1.98. The van der Waals surface area contributed by atoms with Crippen LogP contribution in [-0.2, 0) is 0 Å². The Morgan fingerprint density at radius 3 is 2.71 bits per heavy atom. The van der Waals surface area contributed by atoms with E-state index in [1.807, 2.05) is 24.3 Å². The second-order valence-electron chi connectivity index (χ2n) is 6.58. The van der Waals surface area contributed by atoms with Gasteiger partial charge < -0.3 is 4.74 Å². The highest BCUT2D eigenvalue weighted by Gasteiger charge is 2.04. The van der Waals surface area contributed by atoms with Crippen LogP contribution in [0.1, 0.15) is 31.7 Å². The van der Waals surface area contributed by atoms with Crippen LogP contribution >= 0.6 is 0 Å². The largest absolute Gasteiger partial charge is 0.459 e. The van der Waals surface area contributed by atoms with Gasteiger partial charge in [-0.15, -0.1) is 0 Å². The van der Waals surface area contributed by atoms with Gasteiger partial charge in [0, 0.05) is 23.6 Å². The van der Waals surface area contributed by atoms with Crippen LogP contribution in [0, 0.1) is 11.8 Å².